The predicted octanol–water partition coefficient (Wildman–Crippen LogP) is 4.23. The molecule has 3 heteroatoms. The highest BCUT2D eigenvalue weighted by atomic mass is 16.5. The van der Waals surface area contributed by atoms with Crippen LogP contribution < -0.4 is 4.74 Å². The van der Waals surface area contributed by atoms with E-state index in [9.17, 15) is 5.11 Å². The molecule has 0 aliphatic rings. The van der Waals surface area contributed by atoms with Gasteiger partial charge in [-0.05, 0) is 57.2 Å². The normalized spacial score (nSPS) is 12.8. The highest BCUT2D eigenvalue weighted by molar-refractivity contribution is 5.28. The Hall–Kier alpha value is -1.53. The molecule has 20 heavy (non-hydrogen) atoms. The Balaban J connectivity index is 2.28. The van der Waals surface area contributed by atoms with Crippen LogP contribution in [0, 0.1) is 16.7 Å². The van der Waals surface area contributed by atoms with E-state index in [0.29, 0.717) is 6.61 Å². The number of ether oxygens (including phenoxy) is 1. The van der Waals surface area contributed by atoms with Gasteiger partial charge in [-0.3, -0.25) is 0 Å². The number of nitriles is 1. The number of hydrogen-bond acceptors (Lipinski definition) is 3. The monoisotopic (exact) mass is 275 g/mol. The van der Waals surface area contributed by atoms with Gasteiger partial charge in [0, 0.05) is 0 Å². The fraction of sp³-hybridized carbons (Fsp3) is 0.588. The Kier molecular flexibility index (Phi) is 6.54. The van der Waals surface area contributed by atoms with Crippen molar-refractivity contribution in [1.29, 1.82) is 5.26 Å². The lowest BCUT2D eigenvalue weighted by Gasteiger charge is -2.14. The van der Waals surface area contributed by atoms with Crippen LogP contribution in [-0.2, 0) is 0 Å². The van der Waals surface area contributed by atoms with Crippen molar-refractivity contribution >= 4 is 0 Å². The summed E-state index contributed by atoms with van der Waals surface area (Å²) < 4.78 is 5.66. The summed E-state index contributed by atoms with van der Waals surface area (Å²) in [7, 11) is 0. The second kappa shape index (κ2) is 7.91. The third-order valence-electron chi connectivity index (χ3n) is 3.42. The van der Waals surface area contributed by atoms with E-state index in [1.165, 1.54) is 0 Å². The van der Waals surface area contributed by atoms with Crippen LogP contribution in [0.1, 0.15) is 58.1 Å². The molecule has 0 aliphatic carbocycles. The molecule has 0 amide bonds. The first-order chi connectivity index (χ1) is 9.48. The maximum atomic E-state index is 9.70. The minimum atomic E-state index is -0.391. The van der Waals surface area contributed by atoms with Gasteiger partial charge in [0.2, 0.25) is 0 Å². The van der Waals surface area contributed by atoms with Crippen molar-refractivity contribution in [2.75, 3.05) is 6.61 Å². The average Bonchev–Trinajstić information content (AvgIpc) is 2.46. The summed E-state index contributed by atoms with van der Waals surface area (Å²) in [6, 6.07) is 9.91. The zero-order valence-corrected chi connectivity index (χ0v) is 12.7. The number of aliphatic hydroxyl groups excluding tert-OH is 1. The summed E-state index contributed by atoms with van der Waals surface area (Å²) in [4.78, 5) is 0. The molecule has 1 aromatic carbocycles. The van der Waals surface area contributed by atoms with Gasteiger partial charge in [-0.25, -0.2) is 0 Å². The quantitative estimate of drug-likeness (QED) is 0.722. The van der Waals surface area contributed by atoms with Crippen LogP contribution in [0.3, 0.4) is 0 Å². The highest BCUT2D eigenvalue weighted by Crippen LogP contribution is 2.22. The van der Waals surface area contributed by atoms with Crippen molar-refractivity contribution < 1.29 is 9.84 Å². The number of benzene rings is 1. The molecule has 1 unspecified atom stereocenters. The number of hydrogen-bond donors (Lipinski definition) is 1. The zero-order chi connectivity index (χ0) is 15.0. The van der Waals surface area contributed by atoms with E-state index in [1.807, 2.05) is 45.0 Å². The Labute approximate surface area is 122 Å². The summed E-state index contributed by atoms with van der Waals surface area (Å²) >= 11 is 0. The standard InChI is InChI=1S/C17H25NO2/c1-4-16(19)14-7-9-15(10-8-14)20-12-6-5-11-17(2,3)13-18/h7-10,16,19H,4-6,11-12H2,1-3H3. The van der Waals surface area contributed by atoms with Gasteiger partial charge in [0.25, 0.3) is 0 Å². The van der Waals surface area contributed by atoms with E-state index in [-0.39, 0.29) is 5.41 Å². The third-order valence-corrected chi connectivity index (χ3v) is 3.42. The molecule has 0 fully saturated rings. The van der Waals surface area contributed by atoms with Crippen molar-refractivity contribution in [3.05, 3.63) is 29.8 Å². The smallest absolute Gasteiger partial charge is 0.119 e. The molecule has 0 radical (unpaired) electrons. The summed E-state index contributed by atoms with van der Waals surface area (Å²) in [6.45, 7) is 6.55. The largest absolute Gasteiger partial charge is 0.494 e. The Morgan fingerprint density at radius 2 is 1.90 bits per heavy atom. The molecule has 0 spiro atoms. The lowest BCUT2D eigenvalue weighted by Crippen LogP contribution is -2.08. The number of nitrogens with zero attached hydrogens (tertiary/aromatic N) is 1. The Bertz CT molecular complexity index is 431. The van der Waals surface area contributed by atoms with Crippen LogP contribution in [0.5, 0.6) is 5.75 Å². The maximum Gasteiger partial charge on any atom is 0.119 e. The first-order valence-electron chi connectivity index (χ1n) is 7.30. The van der Waals surface area contributed by atoms with Crippen molar-refractivity contribution in [1.82, 2.24) is 0 Å². The van der Waals surface area contributed by atoms with E-state index in [0.717, 1.165) is 37.0 Å². The number of rotatable bonds is 8. The second-order valence-electron chi connectivity index (χ2n) is 5.79. The molecule has 1 aromatic rings. The van der Waals surface area contributed by atoms with Gasteiger partial charge >= 0.3 is 0 Å². The average molecular weight is 275 g/mol. The van der Waals surface area contributed by atoms with E-state index in [4.69, 9.17) is 10.00 Å². The Morgan fingerprint density at radius 1 is 1.25 bits per heavy atom. The van der Waals surface area contributed by atoms with Gasteiger partial charge in [-0.1, -0.05) is 19.1 Å². The van der Waals surface area contributed by atoms with Gasteiger partial charge in [0.05, 0.1) is 24.2 Å². The SMILES string of the molecule is CCC(O)c1ccc(OCCCCC(C)(C)C#N)cc1. The first kappa shape index (κ1) is 16.5. The van der Waals surface area contributed by atoms with Gasteiger partial charge in [-0.2, -0.15) is 5.26 Å². The summed E-state index contributed by atoms with van der Waals surface area (Å²) in [5, 5.41) is 18.6. The van der Waals surface area contributed by atoms with Gasteiger partial charge < -0.3 is 9.84 Å². The topological polar surface area (TPSA) is 53.2 Å². The molecule has 110 valence electrons. The number of aliphatic hydroxyl groups is 1. The van der Waals surface area contributed by atoms with Gasteiger partial charge in [0.15, 0.2) is 0 Å². The minimum Gasteiger partial charge on any atom is -0.494 e. The molecule has 1 atom stereocenters. The molecule has 1 N–H and O–H groups in total. The van der Waals surface area contributed by atoms with Crippen LogP contribution in [0.4, 0.5) is 0 Å². The van der Waals surface area contributed by atoms with Gasteiger partial charge in [0.1, 0.15) is 5.75 Å². The molecule has 0 saturated heterocycles. The highest BCUT2D eigenvalue weighted by Gasteiger charge is 2.15. The van der Waals surface area contributed by atoms with E-state index >= 15 is 0 Å². The molecule has 0 aliphatic heterocycles. The van der Waals surface area contributed by atoms with Crippen molar-refractivity contribution in [3.63, 3.8) is 0 Å². The lowest BCUT2D eigenvalue weighted by molar-refractivity contribution is 0.173. The molecule has 1 rings (SSSR count). The maximum absolute atomic E-state index is 9.70. The van der Waals surface area contributed by atoms with Crippen molar-refractivity contribution in [2.45, 2.75) is 52.6 Å². The van der Waals surface area contributed by atoms with Crippen LogP contribution in [0.15, 0.2) is 24.3 Å². The van der Waals surface area contributed by atoms with Crippen molar-refractivity contribution in [2.24, 2.45) is 5.41 Å². The number of unbranched alkanes of at least 4 members (excludes halogenated alkanes) is 1. The molecule has 0 saturated carbocycles. The summed E-state index contributed by atoms with van der Waals surface area (Å²) in [5.41, 5.74) is 0.688. The van der Waals surface area contributed by atoms with Crippen LogP contribution >= 0.6 is 0 Å². The van der Waals surface area contributed by atoms with Gasteiger partial charge in [-0.15, -0.1) is 0 Å². The molecule has 0 aromatic heterocycles. The van der Waals surface area contributed by atoms with Crippen LogP contribution in [-0.4, -0.2) is 11.7 Å². The first-order valence-corrected chi connectivity index (χ1v) is 7.30. The van der Waals surface area contributed by atoms with Crippen LogP contribution in [0.25, 0.3) is 0 Å². The van der Waals surface area contributed by atoms with E-state index < -0.39 is 6.10 Å². The lowest BCUT2D eigenvalue weighted by atomic mass is 9.89. The minimum absolute atomic E-state index is 0.238. The Morgan fingerprint density at radius 3 is 2.45 bits per heavy atom. The molecular formula is C17H25NO2. The summed E-state index contributed by atoms with van der Waals surface area (Å²) in [5.74, 6) is 0.830. The third kappa shape index (κ3) is 5.63. The van der Waals surface area contributed by atoms with Crippen molar-refractivity contribution in [3.8, 4) is 11.8 Å². The van der Waals surface area contributed by atoms with E-state index in [2.05, 4.69) is 6.07 Å². The molecule has 0 bridgehead atoms. The van der Waals surface area contributed by atoms with E-state index in [1.54, 1.807) is 0 Å². The summed E-state index contributed by atoms with van der Waals surface area (Å²) in [6.07, 6.45) is 3.17. The van der Waals surface area contributed by atoms with Crippen LogP contribution in [0.2, 0.25) is 0 Å². The fourth-order valence-corrected chi connectivity index (χ4v) is 1.94. The second-order valence-corrected chi connectivity index (χ2v) is 5.79. The fourth-order valence-electron chi connectivity index (χ4n) is 1.94. The molecular weight excluding hydrogens is 250 g/mol. The zero-order valence-electron chi connectivity index (χ0n) is 12.7. The predicted molar refractivity (Wildman–Crippen MR) is 80.4 cm³/mol. The molecule has 3 nitrogen and oxygen atoms in total. The molecule has 0 heterocycles.